The number of fused-ring (bicyclic) bond motifs is 4. The molecule has 0 unspecified atom stereocenters. The van der Waals surface area contributed by atoms with E-state index in [1.807, 2.05) is 117 Å². The van der Waals surface area contributed by atoms with Crippen LogP contribution in [0.15, 0.2) is 146 Å². The first-order valence-corrected chi connectivity index (χ1v) is 21.5. The largest absolute Gasteiger partial charge is 0.268 e. The molecule has 8 heterocycles. The Morgan fingerprint density at radius 3 is 1.67 bits per heavy atom. The summed E-state index contributed by atoms with van der Waals surface area (Å²) in [6.07, 6.45) is 0. The van der Waals surface area contributed by atoms with E-state index >= 15 is 0 Å². The summed E-state index contributed by atoms with van der Waals surface area (Å²) >= 11 is 11.0. The second-order valence-corrected chi connectivity index (χ2v) is 17.4. The lowest BCUT2D eigenvalue weighted by atomic mass is 10.0. The molecular weight excluding hydrogens is 741 g/mol. The topological polar surface area (TPSA) is 32.7 Å². The fourth-order valence-corrected chi connectivity index (χ4v) is 12.5. The second-order valence-electron chi connectivity index (χ2n) is 11.9. The molecule has 0 N–H and O–H groups in total. The predicted molar refractivity (Wildman–Crippen MR) is 224 cm³/mol. The highest BCUT2D eigenvalue weighted by molar-refractivity contribution is 7.22. The Kier molecular flexibility index (Phi) is 7.78. The second kappa shape index (κ2) is 12.8. The lowest BCUT2D eigenvalue weighted by molar-refractivity contribution is 0.101. The standard InChI is InChI=1S/C24H14S6.C18H10N2O/c1-3-19(25-9-1)15-5-11-27-21(15)16-6-12-28-22(16)17-7-13-29-23(17)18-8-14-30-24(18)20-4-2-10-26-20;21-18-13-8-2-1-7-12(13)17-19-14-9-3-5-11-6-4-10-15(16(11)14)20(17)18/h1-14H;1-10H. The van der Waals surface area contributed by atoms with Crippen molar-refractivity contribution in [1.82, 2.24) is 0 Å². The lowest BCUT2D eigenvalue weighted by Crippen LogP contribution is -2.31. The number of hydrogen-bond acceptors (Lipinski definition) is 8. The molecule has 3 aromatic carbocycles. The molecule has 0 atom stereocenters. The number of amides is 1. The molecule has 2 aliphatic rings. The van der Waals surface area contributed by atoms with Crippen LogP contribution < -0.4 is 4.90 Å². The van der Waals surface area contributed by atoms with Crippen LogP contribution in [-0.2, 0) is 0 Å². The summed E-state index contributed by atoms with van der Waals surface area (Å²) in [5.41, 5.74) is 8.90. The van der Waals surface area contributed by atoms with E-state index in [0.29, 0.717) is 0 Å². The van der Waals surface area contributed by atoms with Crippen molar-refractivity contribution in [3.63, 3.8) is 0 Å². The summed E-state index contributed by atoms with van der Waals surface area (Å²) in [6.45, 7) is 0. The first kappa shape index (κ1) is 31.0. The molecule has 51 heavy (non-hydrogen) atoms. The number of carbonyl (C=O) groups is 1. The summed E-state index contributed by atoms with van der Waals surface area (Å²) in [5.74, 6) is 0.744. The molecule has 2 aliphatic heterocycles. The van der Waals surface area contributed by atoms with E-state index < -0.39 is 0 Å². The van der Waals surface area contributed by atoms with Crippen LogP contribution in [0.4, 0.5) is 11.4 Å². The molecule has 9 heteroatoms. The van der Waals surface area contributed by atoms with Crippen molar-refractivity contribution in [1.29, 1.82) is 0 Å². The van der Waals surface area contributed by atoms with Crippen molar-refractivity contribution in [2.45, 2.75) is 0 Å². The number of benzene rings is 3. The maximum absolute atomic E-state index is 12.7. The van der Waals surface area contributed by atoms with Gasteiger partial charge in [0, 0.05) is 57.6 Å². The zero-order valence-corrected chi connectivity index (χ0v) is 31.5. The quantitative estimate of drug-likeness (QED) is 0.172. The Balaban J connectivity index is 0.000000136. The third-order valence-corrected chi connectivity index (χ3v) is 14.8. The van der Waals surface area contributed by atoms with Gasteiger partial charge in [-0.15, -0.1) is 68.0 Å². The summed E-state index contributed by atoms with van der Waals surface area (Å²) in [7, 11) is 0. The maximum Gasteiger partial charge on any atom is 0.264 e. The van der Waals surface area contributed by atoms with Crippen molar-refractivity contribution < 1.29 is 4.79 Å². The number of nitrogens with zero attached hydrogens (tertiary/aromatic N) is 2. The van der Waals surface area contributed by atoms with Gasteiger partial charge in [0.05, 0.1) is 21.8 Å². The number of amidine groups is 1. The Morgan fingerprint density at radius 2 is 1.00 bits per heavy atom. The van der Waals surface area contributed by atoms with Gasteiger partial charge in [-0.2, -0.15) is 0 Å². The van der Waals surface area contributed by atoms with Gasteiger partial charge in [-0.25, -0.2) is 4.99 Å². The Hall–Kier alpha value is -4.74. The molecule has 0 aliphatic carbocycles. The molecule has 0 fully saturated rings. The van der Waals surface area contributed by atoms with Crippen molar-refractivity contribution in [3.8, 4) is 51.5 Å². The fraction of sp³-hybridized carbons (Fsp3) is 0. The molecule has 244 valence electrons. The lowest BCUT2D eigenvalue weighted by Gasteiger charge is -2.24. The molecule has 11 rings (SSSR count). The molecule has 3 nitrogen and oxygen atoms in total. The van der Waals surface area contributed by atoms with E-state index in [1.165, 1.54) is 51.5 Å². The number of rotatable bonds is 5. The molecule has 1 amide bonds. The highest BCUT2D eigenvalue weighted by Gasteiger charge is 2.37. The first-order chi connectivity index (χ1) is 25.2. The number of anilines is 1. The highest BCUT2D eigenvalue weighted by atomic mass is 32.1. The van der Waals surface area contributed by atoms with Gasteiger partial charge in [0.2, 0.25) is 0 Å². The van der Waals surface area contributed by atoms with Crippen LogP contribution in [0.3, 0.4) is 0 Å². The molecule has 0 radical (unpaired) electrons. The number of aliphatic imine (C=N–C) groups is 1. The number of hydrogen-bond donors (Lipinski definition) is 0. The van der Waals surface area contributed by atoms with Gasteiger partial charge in [0.15, 0.2) is 0 Å². The van der Waals surface area contributed by atoms with Gasteiger partial charge in [-0.05, 0) is 92.3 Å². The van der Waals surface area contributed by atoms with E-state index in [0.717, 1.165) is 39.1 Å². The summed E-state index contributed by atoms with van der Waals surface area (Å²) in [5, 5.41) is 15.4. The Morgan fingerprint density at radius 1 is 0.431 bits per heavy atom. The Bertz CT molecular complexity index is 2620. The maximum atomic E-state index is 12.7. The predicted octanol–water partition coefficient (Wildman–Crippen LogP) is 14.3. The van der Waals surface area contributed by atoms with Crippen LogP contribution >= 0.6 is 68.0 Å². The van der Waals surface area contributed by atoms with Crippen molar-refractivity contribution in [2.24, 2.45) is 4.99 Å². The number of carbonyl (C=O) groups excluding carboxylic acids is 1. The average Bonchev–Trinajstić information content (AvgIpc) is 4.00. The van der Waals surface area contributed by atoms with Crippen molar-refractivity contribution in [2.75, 3.05) is 4.90 Å². The first-order valence-electron chi connectivity index (χ1n) is 16.2. The van der Waals surface area contributed by atoms with Gasteiger partial charge >= 0.3 is 0 Å². The van der Waals surface area contributed by atoms with Crippen LogP contribution in [-0.4, -0.2) is 11.7 Å². The summed E-state index contributed by atoms with van der Waals surface area (Å²) in [6, 6.07) is 37.6. The van der Waals surface area contributed by atoms with Crippen LogP contribution in [0, 0.1) is 0 Å². The number of thiophene rings is 6. The summed E-state index contributed by atoms with van der Waals surface area (Å²) in [4.78, 5) is 27.4. The average molecular weight is 765 g/mol. The van der Waals surface area contributed by atoms with Crippen molar-refractivity contribution >= 4 is 102 Å². The molecule has 0 saturated carbocycles. The minimum Gasteiger partial charge on any atom is -0.268 e. The van der Waals surface area contributed by atoms with Crippen LogP contribution in [0.5, 0.6) is 0 Å². The Labute approximate surface area is 318 Å². The monoisotopic (exact) mass is 764 g/mol. The minimum atomic E-state index is 0.00588. The zero-order valence-electron chi connectivity index (χ0n) is 26.6. The van der Waals surface area contributed by atoms with Gasteiger partial charge in [0.1, 0.15) is 5.84 Å². The van der Waals surface area contributed by atoms with Gasteiger partial charge < -0.3 is 0 Å². The normalized spacial score (nSPS) is 12.8. The van der Waals surface area contributed by atoms with Gasteiger partial charge in [-0.3, -0.25) is 9.69 Å². The zero-order chi connectivity index (χ0) is 33.9. The third-order valence-electron chi connectivity index (χ3n) is 9.07. The molecule has 0 spiro atoms. The van der Waals surface area contributed by atoms with Crippen LogP contribution in [0.25, 0.3) is 62.3 Å². The van der Waals surface area contributed by atoms with E-state index in [9.17, 15) is 4.79 Å². The smallest absolute Gasteiger partial charge is 0.264 e. The van der Waals surface area contributed by atoms with E-state index in [1.54, 1.807) is 4.90 Å². The van der Waals surface area contributed by atoms with E-state index in [-0.39, 0.29) is 5.91 Å². The van der Waals surface area contributed by atoms with Gasteiger partial charge in [0.25, 0.3) is 5.91 Å². The molecular formula is C42H24N2OS6. The SMILES string of the molecule is O=C1c2ccccc2C2=Nc3cccc4cccc(c34)N12.c1csc(-c2ccsc2-c2ccsc2-c2ccsc2-c2ccsc2-c2cccs2)c1. The van der Waals surface area contributed by atoms with Crippen LogP contribution in [0.2, 0.25) is 0 Å². The molecule has 9 aromatic rings. The minimum absolute atomic E-state index is 0.00588. The molecule has 6 aromatic heterocycles. The van der Waals surface area contributed by atoms with Gasteiger partial charge in [-0.1, -0.05) is 54.6 Å². The van der Waals surface area contributed by atoms with Crippen LogP contribution in [0.1, 0.15) is 15.9 Å². The van der Waals surface area contributed by atoms with E-state index in [4.69, 9.17) is 4.99 Å². The summed E-state index contributed by atoms with van der Waals surface area (Å²) < 4.78 is 0. The molecule has 0 bridgehead atoms. The van der Waals surface area contributed by atoms with Crippen molar-refractivity contribution in [3.05, 3.63) is 153 Å². The highest BCUT2D eigenvalue weighted by Crippen LogP contribution is 2.51. The fourth-order valence-electron chi connectivity index (χ4n) is 6.85. The molecule has 0 saturated heterocycles. The van der Waals surface area contributed by atoms with E-state index in [2.05, 4.69) is 92.9 Å². The third kappa shape index (κ3) is 5.15.